The van der Waals surface area contributed by atoms with Crippen LogP contribution in [0.25, 0.3) is 0 Å². The van der Waals surface area contributed by atoms with Gasteiger partial charge in [-0.3, -0.25) is 9.59 Å². The summed E-state index contributed by atoms with van der Waals surface area (Å²) in [6.07, 6.45) is 1.33. The SMILES string of the molecule is CCOC(=O)C(=O)/C(=C\N(C)C)C(=O)c1ccccc1. The fraction of sp³-hybridized carbons (Fsp3) is 0.267. The Balaban J connectivity index is 3.11. The molecule has 0 aliphatic carbocycles. The normalized spacial score (nSPS) is 10.8. The number of hydrogen-bond acceptors (Lipinski definition) is 5. The molecule has 1 aromatic carbocycles. The second kappa shape index (κ2) is 7.23. The van der Waals surface area contributed by atoms with Crippen molar-refractivity contribution in [1.82, 2.24) is 4.90 Å². The lowest BCUT2D eigenvalue weighted by molar-refractivity contribution is -0.151. The number of ether oxygens (including phenoxy) is 1. The van der Waals surface area contributed by atoms with Crippen molar-refractivity contribution in [2.45, 2.75) is 6.92 Å². The van der Waals surface area contributed by atoms with Crippen LogP contribution in [-0.2, 0) is 14.3 Å². The van der Waals surface area contributed by atoms with Crippen LogP contribution >= 0.6 is 0 Å². The van der Waals surface area contributed by atoms with Gasteiger partial charge in [-0.25, -0.2) is 4.79 Å². The van der Waals surface area contributed by atoms with Gasteiger partial charge in [0.1, 0.15) is 0 Å². The highest BCUT2D eigenvalue weighted by molar-refractivity contribution is 6.48. The summed E-state index contributed by atoms with van der Waals surface area (Å²) in [4.78, 5) is 37.4. The van der Waals surface area contributed by atoms with E-state index in [1.165, 1.54) is 11.1 Å². The van der Waals surface area contributed by atoms with Gasteiger partial charge in [-0.1, -0.05) is 30.3 Å². The van der Waals surface area contributed by atoms with E-state index in [0.717, 1.165) is 0 Å². The van der Waals surface area contributed by atoms with Crippen LogP contribution < -0.4 is 0 Å². The molecule has 0 aromatic heterocycles. The zero-order valence-electron chi connectivity index (χ0n) is 11.8. The molecule has 5 heteroatoms. The monoisotopic (exact) mass is 275 g/mol. The number of ketones is 2. The van der Waals surface area contributed by atoms with Gasteiger partial charge in [-0.2, -0.15) is 0 Å². The molecular weight excluding hydrogens is 258 g/mol. The van der Waals surface area contributed by atoms with E-state index < -0.39 is 17.5 Å². The number of carbonyl (C=O) groups excluding carboxylic acids is 3. The maximum Gasteiger partial charge on any atom is 0.379 e. The van der Waals surface area contributed by atoms with Gasteiger partial charge in [0.25, 0.3) is 5.78 Å². The smallest absolute Gasteiger partial charge is 0.379 e. The Kier molecular flexibility index (Phi) is 5.65. The van der Waals surface area contributed by atoms with Gasteiger partial charge < -0.3 is 9.64 Å². The number of hydrogen-bond donors (Lipinski definition) is 0. The lowest BCUT2D eigenvalue weighted by Gasteiger charge is -2.10. The molecule has 0 bridgehead atoms. The molecule has 0 N–H and O–H groups in total. The van der Waals surface area contributed by atoms with Gasteiger partial charge in [-0.05, 0) is 6.92 Å². The minimum Gasteiger partial charge on any atom is -0.460 e. The van der Waals surface area contributed by atoms with E-state index >= 15 is 0 Å². The van der Waals surface area contributed by atoms with Gasteiger partial charge in [0.2, 0.25) is 0 Å². The van der Waals surface area contributed by atoms with Crippen molar-refractivity contribution in [2.24, 2.45) is 0 Å². The summed E-state index contributed by atoms with van der Waals surface area (Å²) in [6, 6.07) is 8.32. The quantitative estimate of drug-likeness (QED) is 0.196. The highest BCUT2D eigenvalue weighted by atomic mass is 16.5. The van der Waals surface area contributed by atoms with Crippen molar-refractivity contribution < 1.29 is 19.1 Å². The van der Waals surface area contributed by atoms with Gasteiger partial charge in [0, 0.05) is 25.9 Å². The van der Waals surface area contributed by atoms with Crippen LogP contribution in [0.3, 0.4) is 0 Å². The van der Waals surface area contributed by atoms with E-state index in [1.54, 1.807) is 51.4 Å². The number of carbonyl (C=O) groups is 3. The minimum atomic E-state index is -1.02. The van der Waals surface area contributed by atoms with Crippen LogP contribution in [-0.4, -0.2) is 43.1 Å². The molecular formula is C15H17NO4. The summed E-state index contributed by atoms with van der Waals surface area (Å²) in [5.74, 6) is -2.46. The molecule has 1 aromatic rings. The van der Waals surface area contributed by atoms with Crippen molar-refractivity contribution in [3.05, 3.63) is 47.7 Å². The topological polar surface area (TPSA) is 63.7 Å². The predicted molar refractivity (Wildman–Crippen MR) is 74.2 cm³/mol. The molecule has 20 heavy (non-hydrogen) atoms. The first-order valence-electron chi connectivity index (χ1n) is 6.16. The van der Waals surface area contributed by atoms with Crippen molar-refractivity contribution in [2.75, 3.05) is 20.7 Å². The van der Waals surface area contributed by atoms with Crippen molar-refractivity contribution in [1.29, 1.82) is 0 Å². The molecule has 0 radical (unpaired) electrons. The summed E-state index contributed by atoms with van der Waals surface area (Å²) in [7, 11) is 3.33. The van der Waals surface area contributed by atoms with E-state index in [4.69, 9.17) is 0 Å². The largest absolute Gasteiger partial charge is 0.460 e. The average Bonchev–Trinajstić information content (AvgIpc) is 2.44. The Labute approximate surface area is 117 Å². The summed E-state index contributed by atoms with van der Waals surface area (Å²) >= 11 is 0. The average molecular weight is 275 g/mol. The third-order valence-corrected chi connectivity index (χ3v) is 2.37. The van der Waals surface area contributed by atoms with E-state index in [1.807, 2.05) is 0 Å². The Hall–Kier alpha value is -2.43. The predicted octanol–water partition coefficient (Wildman–Crippen LogP) is 1.45. The van der Waals surface area contributed by atoms with E-state index in [-0.39, 0.29) is 12.2 Å². The van der Waals surface area contributed by atoms with Crippen molar-refractivity contribution in [3.8, 4) is 0 Å². The van der Waals surface area contributed by atoms with Gasteiger partial charge in [0.15, 0.2) is 5.78 Å². The fourth-order valence-corrected chi connectivity index (χ4v) is 1.53. The first-order chi connectivity index (χ1) is 9.47. The highest BCUT2D eigenvalue weighted by Crippen LogP contribution is 2.11. The molecule has 106 valence electrons. The Morgan fingerprint density at radius 1 is 1.15 bits per heavy atom. The van der Waals surface area contributed by atoms with Gasteiger partial charge in [-0.15, -0.1) is 0 Å². The van der Waals surface area contributed by atoms with E-state index in [2.05, 4.69) is 4.74 Å². The maximum atomic E-state index is 12.3. The molecule has 0 saturated heterocycles. The Morgan fingerprint density at radius 3 is 2.25 bits per heavy atom. The molecule has 0 saturated carbocycles. The Bertz CT molecular complexity index is 532. The van der Waals surface area contributed by atoms with Crippen LogP contribution in [0.1, 0.15) is 17.3 Å². The number of esters is 1. The first-order valence-corrected chi connectivity index (χ1v) is 6.16. The minimum absolute atomic E-state index is 0.0827. The molecule has 0 spiro atoms. The van der Waals surface area contributed by atoms with Gasteiger partial charge >= 0.3 is 5.97 Å². The molecule has 0 aliphatic rings. The summed E-state index contributed by atoms with van der Waals surface area (Å²) in [6.45, 7) is 1.68. The zero-order chi connectivity index (χ0) is 15.1. The second-order valence-electron chi connectivity index (χ2n) is 4.25. The van der Waals surface area contributed by atoms with Crippen molar-refractivity contribution >= 4 is 17.5 Å². The Morgan fingerprint density at radius 2 is 1.75 bits per heavy atom. The molecule has 0 amide bonds. The summed E-state index contributed by atoms with van der Waals surface area (Å²) in [5, 5.41) is 0. The molecule has 0 heterocycles. The second-order valence-corrected chi connectivity index (χ2v) is 4.25. The lowest BCUT2D eigenvalue weighted by Crippen LogP contribution is -2.25. The van der Waals surface area contributed by atoms with Gasteiger partial charge in [0.05, 0.1) is 12.2 Å². The number of nitrogens with zero attached hydrogens (tertiary/aromatic N) is 1. The number of benzene rings is 1. The standard InChI is InChI=1S/C15H17NO4/c1-4-20-15(19)14(18)12(10-16(2)3)13(17)11-8-6-5-7-9-11/h5-10H,4H2,1-3H3/b12-10-. The number of rotatable bonds is 6. The van der Waals surface area contributed by atoms with Crippen LogP contribution in [0.5, 0.6) is 0 Å². The van der Waals surface area contributed by atoms with Crippen LogP contribution in [0.2, 0.25) is 0 Å². The van der Waals surface area contributed by atoms with Crippen LogP contribution in [0.4, 0.5) is 0 Å². The molecule has 0 fully saturated rings. The first kappa shape index (κ1) is 15.6. The van der Waals surface area contributed by atoms with E-state index in [9.17, 15) is 14.4 Å². The fourth-order valence-electron chi connectivity index (χ4n) is 1.53. The molecule has 5 nitrogen and oxygen atoms in total. The summed E-state index contributed by atoms with van der Waals surface area (Å²) < 4.78 is 4.65. The molecule has 0 unspecified atom stereocenters. The third kappa shape index (κ3) is 4.05. The van der Waals surface area contributed by atoms with E-state index in [0.29, 0.717) is 5.56 Å². The van der Waals surface area contributed by atoms with Crippen LogP contribution in [0.15, 0.2) is 42.1 Å². The third-order valence-electron chi connectivity index (χ3n) is 2.37. The van der Waals surface area contributed by atoms with Crippen LogP contribution in [0, 0.1) is 0 Å². The maximum absolute atomic E-state index is 12.3. The molecule has 0 aliphatic heterocycles. The zero-order valence-corrected chi connectivity index (χ0v) is 11.8. The molecule has 0 atom stereocenters. The molecule has 1 rings (SSSR count). The highest BCUT2D eigenvalue weighted by Gasteiger charge is 2.27. The number of Topliss-reactive ketones (excluding diaryl/α,β-unsaturated/α-hetero) is 2. The van der Waals surface area contributed by atoms with Crippen molar-refractivity contribution in [3.63, 3.8) is 0 Å². The lowest BCUT2D eigenvalue weighted by atomic mass is 10.0. The summed E-state index contributed by atoms with van der Waals surface area (Å²) in [5.41, 5.74) is 0.137.